The van der Waals surface area contributed by atoms with Gasteiger partial charge in [0.15, 0.2) is 0 Å². The summed E-state index contributed by atoms with van der Waals surface area (Å²) in [5, 5.41) is 22.6. The first-order chi connectivity index (χ1) is 15.1. The number of methoxy groups -OCH3 is 1. The van der Waals surface area contributed by atoms with Crippen LogP contribution >= 0.6 is 0 Å². The minimum absolute atomic E-state index is 0.161. The predicted molar refractivity (Wildman–Crippen MR) is 123 cm³/mol. The summed E-state index contributed by atoms with van der Waals surface area (Å²) in [5.74, 6) is 3.18. The SMILES string of the molecule is CC[C@H]1CN2CC[C@@H]1CC2[C@H](O)c1cc(N2CCC(O)CC2)nc2ccc(OC)cc12. The second-order valence-corrected chi connectivity index (χ2v) is 9.63. The third-order valence-corrected chi connectivity index (χ3v) is 7.97. The van der Waals surface area contributed by atoms with Gasteiger partial charge in [-0.25, -0.2) is 4.98 Å². The zero-order valence-corrected chi connectivity index (χ0v) is 18.7. The fraction of sp³-hybridized carbons (Fsp3) is 0.640. The summed E-state index contributed by atoms with van der Waals surface area (Å²) in [6.07, 6.45) is 4.31. The van der Waals surface area contributed by atoms with Crippen molar-refractivity contribution in [1.29, 1.82) is 0 Å². The van der Waals surface area contributed by atoms with Crippen molar-refractivity contribution in [2.24, 2.45) is 11.8 Å². The summed E-state index contributed by atoms with van der Waals surface area (Å²) < 4.78 is 5.48. The molecule has 0 spiro atoms. The quantitative estimate of drug-likeness (QED) is 0.766. The van der Waals surface area contributed by atoms with Crippen molar-refractivity contribution in [1.82, 2.24) is 9.88 Å². The Morgan fingerprint density at radius 1 is 1.16 bits per heavy atom. The van der Waals surface area contributed by atoms with E-state index in [4.69, 9.17) is 9.72 Å². The molecule has 1 aromatic heterocycles. The highest BCUT2D eigenvalue weighted by Gasteiger charge is 2.42. The highest BCUT2D eigenvalue weighted by atomic mass is 16.5. The fourth-order valence-corrected chi connectivity index (χ4v) is 6.02. The first-order valence-corrected chi connectivity index (χ1v) is 11.9. The maximum atomic E-state index is 11.7. The lowest BCUT2D eigenvalue weighted by atomic mass is 9.72. The van der Waals surface area contributed by atoms with E-state index in [0.717, 1.165) is 85.3 Å². The van der Waals surface area contributed by atoms with E-state index in [-0.39, 0.29) is 12.1 Å². The molecule has 0 saturated carbocycles. The number of anilines is 1. The van der Waals surface area contributed by atoms with Crippen LogP contribution in [0, 0.1) is 11.8 Å². The van der Waals surface area contributed by atoms with E-state index in [1.807, 2.05) is 18.2 Å². The largest absolute Gasteiger partial charge is 0.497 e. The normalized spacial score (nSPS) is 30.0. The maximum absolute atomic E-state index is 11.7. The third-order valence-electron chi connectivity index (χ3n) is 7.97. The second-order valence-electron chi connectivity index (χ2n) is 9.63. The molecule has 4 fully saturated rings. The number of piperidine rings is 4. The number of nitrogens with zero attached hydrogens (tertiary/aromatic N) is 3. The van der Waals surface area contributed by atoms with Crippen LogP contribution in [0.15, 0.2) is 24.3 Å². The van der Waals surface area contributed by atoms with Crippen LogP contribution < -0.4 is 9.64 Å². The summed E-state index contributed by atoms with van der Waals surface area (Å²) in [5.41, 5.74) is 1.84. The Hall–Kier alpha value is -1.89. The molecule has 5 atom stereocenters. The number of aliphatic hydroxyl groups excluding tert-OH is 2. The molecule has 6 rings (SSSR count). The van der Waals surface area contributed by atoms with Gasteiger partial charge in [-0.2, -0.15) is 0 Å². The van der Waals surface area contributed by atoms with Crippen molar-refractivity contribution >= 4 is 16.7 Å². The van der Waals surface area contributed by atoms with Gasteiger partial charge in [0.2, 0.25) is 0 Å². The predicted octanol–water partition coefficient (Wildman–Crippen LogP) is 3.36. The molecular formula is C25H35N3O3. The van der Waals surface area contributed by atoms with Crippen molar-refractivity contribution in [2.45, 2.75) is 57.3 Å². The molecular weight excluding hydrogens is 390 g/mol. The standard InChI is InChI=1S/C25H35N3O3/c1-3-16-15-28-9-6-17(16)12-23(28)25(30)21-14-24(27-10-7-18(29)8-11-27)26-22-5-4-19(31-2)13-20(21)22/h4-5,13-14,16-18,23,25,29-30H,3,6-12,15H2,1-2H3/t16-,17+,23?,25+/m0/s1. The molecule has 1 aromatic carbocycles. The Bertz CT molecular complexity index is 928. The van der Waals surface area contributed by atoms with E-state index >= 15 is 0 Å². The number of hydrogen-bond acceptors (Lipinski definition) is 6. The molecule has 2 N–H and O–H groups in total. The highest BCUT2D eigenvalue weighted by Crippen LogP contribution is 2.43. The monoisotopic (exact) mass is 425 g/mol. The van der Waals surface area contributed by atoms with Crippen LogP contribution in [0.5, 0.6) is 5.75 Å². The minimum Gasteiger partial charge on any atom is -0.497 e. The molecule has 0 amide bonds. The lowest BCUT2D eigenvalue weighted by Gasteiger charge is -2.51. The molecule has 0 aliphatic carbocycles. The molecule has 168 valence electrons. The molecule has 6 heteroatoms. The molecule has 4 aliphatic heterocycles. The summed E-state index contributed by atoms with van der Waals surface area (Å²) in [4.78, 5) is 9.68. The second kappa shape index (κ2) is 8.57. The van der Waals surface area contributed by atoms with Gasteiger partial charge < -0.3 is 19.8 Å². The molecule has 2 aromatic rings. The van der Waals surface area contributed by atoms with Crippen LogP contribution in [0.3, 0.4) is 0 Å². The molecule has 31 heavy (non-hydrogen) atoms. The van der Waals surface area contributed by atoms with E-state index in [0.29, 0.717) is 0 Å². The van der Waals surface area contributed by atoms with E-state index < -0.39 is 6.10 Å². The van der Waals surface area contributed by atoms with Crippen LogP contribution in [0.1, 0.15) is 50.7 Å². The number of hydrogen-bond donors (Lipinski definition) is 2. The zero-order valence-electron chi connectivity index (χ0n) is 18.7. The number of rotatable bonds is 5. The van der Waals surface area contributed by atoms with E-state index in [2.05, 4.69) is 22.8 Å². The molecule has 0 radical (unpaired) electrons. The van der Waals surface area contributed by atoms with E-state index in [9.17, 15) is 10.2 Å². The summed E-state index contributed by atoms with van der Waals surface area (Å²) in [6.45, 7) is 6.07. The average Bonchev–Trinajstić information content (AvgIpc) is 2.83. The number of ether oxygens (including phenoxy) is 1. The van der Waals surface area contributed by atoms with E-state index in [1.165, 1.54) is 12.8 Å². The molecule has 6 nitrogen and oxygen atoms in total. The fourth-order valence-electron chi connectivity index (χ4n) is 6.02. The van der Waals surface area contributed by atoms with E-state index in [1.54, 1.807) is 7.11 Å². The van der Waals surface area contributed by atoms with Gasteiger partial charge in [-0.05, 0) is 73.9 Å². The van der Waals surface area contributed by atoms with Crippen molar-refractivity contribution in [3.8, 4) is 5.75 Å². The zero-order chi connectivity index (χ0) is 21.5. The lowest BCUT2D eigenvalue weighted by molar-refractivity contribution is -0.0562. The van der Waals surface area contributed by atoms with Gasteiger partial charge in [0.1, 0.15) is 11.6 Å². The van der Waals surface area contributed by atoms with Gasteiger partial charge in [-0.3, -0.25) is 4.90 Å². The Labute approximate surface area is 184 Å². The first-order valence-electron chi connectivity index (χ1n) is 11.9. The summed E-state index contributed by atoms with van der Waals surface area (Å²) in [7, 11) is 1.68. The highest BCUT2D eigenvalue weighted by molar-refractivity contribution is 5.86. The number of aromatic nitrogens is 1. The first kappa shape index (κ1) is 21.0. The smallest absolute Gasteiger partial charge is 0.129 e. The Morgan fingerprint density at radius 2 is 1.97 bits per heavy atom. The van der Waals surface area contributed by atoms with Crippen LogP contribution in [0.4, 0.5) is 5.82 Å². The van der Waals surface area contributed by atoms with Gasteiger partial charge in [0.25, 0.3) is 0 Å². The molecule has 4 saturated heterocycles. The van der Waals surface area contributed by atoms with Gasteiger partial charge in [-0.1, -0.05) is 13.3 Å². The lowest BCUT2D eigenvalue weighted by Crippen LogP contribution is -2.55. The number of pyridine rings is 1. The minimum atomic E-state index is -0.549. The number of benzene rings is 1. The topological polar surface area (TPSA) is 69.1 Å². The van der Waals surface area contributed by atoms with Crippen molar-refractivity contribution in [2.75, 3.05) is 38.2 Å². The number of aliphatic hydroxyl groups is 2. The average molecular weight is 426 g/mol. The van der Waals surface area contributed by atoms with Gasteiger partial charge in [0, 0.05) is 31.1 Å². The van der Waals surface area contributed by atoms with Crippen LogP contribution in [0.25, 0.3) is 10.9 Å². The van der Waals surface area contributed by atoms with Crippen molar-refractivity contribution in [3.63, 3.8) is 0 Å². The maximum Gasteiger partial charge on any atom is 0.129 e. The number of fused-ring (bicyclic) bond motifs is 4. The van der Waals surface area contributed by atoms with Crippen LogP contribution in [-0.4, -0.2) is 65.5 Å². The summed E-state index contributed by atoms with van der Waals surface area (Å²) >= 11 is 0. The molecule has 4 aliphatic rings. The third kappa shape index (κ3) is 3.90. The van der Waals surface area contributed by atoms with Crippen molar-refractivity contribution < 1.29 is 14.9 Å². The van der Waals surface area contributed by atoms with Gasteiger partial charge in [-0.15, -0.1) is 0 Å². The Kier molecular flexibility index (Phi) is 5.80. The Morgan fingerprint density at radius 3 is 2.65 bits per heavy atom. The van der Waals surface area contributed by atoms with Gasteiger partial charge in [0.05, 0.1) is 24.8 Å². The summed E-state index contributed by atoms with van der Waals surface area (Å²) in [6, 6.07) is 8.19. The van der Waals surface area contributed by atoms with Crippen molar-refractivity contribution in [3.05, 3.63) is 29.8 Å². The van der Waals surface area contributed by atoms with Gasteiger partial charge >= 0.3 is 0 Å². The molecule has 2 bridgehead atoms. The molecule has 2 unspecified atom stereocenters. The van der Waals surface area contributed by atoms with Crippen LogP contribution in [0.2, 0.25) is 0 Å². The van der Waals surface area contributed by atoms with Crippen LogP contribution in [-0.2, 0) is 0 Å². The Balaban J connectivity index is 1.52. The molecule has 5 heterocycles.